The van der Waals surface area contributed by atoms with Crippen LogP contribution in [0.5, 0.6) is 0 Å². The van der Waals surface area contributed by atoms with Crippen molar-refractivity contribution in [2.75, 3.05) is 11.1 Å². The predicted molar refractivity (Wildman–Crippen MR) is 71.6 cm³/mol. The summed E-state index contributed by atoms with van der Waals surface area (Å²) >= 11 is 0. The van der Waals surface area contributed by atoms with Gasteiger partial charge in [-0.3, -0.25) is 0 Å². The molecule has 0 spiro atoms. The van der Waals surface area contributed by atoms with Crippen LogP contribution in [0.15, 0.2) is 41.4 Å². The second kappa shape index (κ2) is 5.21. The van der Waals surface area contributed by atoms with Crippen molar-refractivity contribution in [2.45, 2.75) is 11.4 Å². The van der Waals surface area contributed by atoms with Crippen LogP contribution in [0.1, 0.15) is 5.69 Å². The highest BCUT2D eigenvalue weighted by atomic mass is 32.2. The monoisotopic (exact) mass is 279 g/mol. The zero-order valence-corrected chi connectivity index (χ0v) is 10.8. The summed E-state index contributed by atoms with van der Waals surface area (Å²) in [7, 11) is -3.74. The van der Waals surface area contributed by atoms with Gasteiger partial charge in [0.25, 0.3) is 0 Å². The zero-order valence-electron chi connectivity index (χ0n) is 9.95. The van der Waals surface area contributed by atoms with Gasteiger partial charge < -0.3 is 11.1 Å². The number of aromatic nitrogens is 2. The van der Waals surface area contributed by atoms with E-state index in [1.54, 1.807) is 18.3 Å². The van der Waals surface area contributed by atoms with E-state index in [4.69, 9.17) is 10.9 Å². The Hall–Kier alpha value is -2.19. The number of nitrogens with two attached hydrogens (primary N) is 2. The van der Waals surface area contributed by atoms with Gasteiger partial charge in [0.1, 0.15) is 0 Å². The Kier molecular flexibility index (Phi) is 3.63. The van der Waals surface area contributed by atoms with E-state index in [2.05, 4.69) is 15.5 Å². The summed E-state index contributed by atoms with van der Waals surface area (Å²) in [5, 5.41) is 15.7. The molecule has 0 saturated carbocycles. The van der Waals surface area contributed by atoms with Gasteiger partial charge in [-0.15, -0.1) is 0 Å². The van der Waals surface area contributed by atoms with Crippen LogP contribution in [-0.4, -0.2) is 18.6 Å². The average molecular weight is 279 g/mol. The van der Waals surface area contributed by atoms with E-state index in [0.29, 0.717) is 17.9 Å². The topological polar surface area (TPSA) is 124 Å². The first-order valence-electron chi connectivity index (χ1n) is 5.39. The number of nitrogens with one attached hydrogen (secondary N) is 1. The number of rotatable bonds is 4. The first-order valence-corrected chi connectivity index (χ1v) is 6.94. The molecule has 1 aromatic heterocycles. The van der Waals surface area contributed by atoms with Crippen molar-refractivity contribution in [2.24, 2.45) is 5.14 Å². The normalized spacial score (nSPS) is 11.2. The van der Waals surface area contributed by atoms with E-state index >= 15 is 0 Å². The quantitative estimate of drug-likeness (QED) is 0.692. The van der Waals surface area contributed by atoms with E-state index < -0.39 is 10.0 Å². The molecule has 0 aliphatic carbocycles. The van der Waals surface area contributed by atoms with Crippen molar-refractivity contribution < 1.29 is 8.42 Å². The predicted octanol–water partition coefficient (Wildman–Crippen LogP) is 0.318. The van der Waals surface area contributed by atoms with Crippen molar-refractivity contribution in [3.63, 3.8) is 0 Å². The average Bonchev–Trinajstić information content (AvgIpc) is 2.37. The van der Waals surface area contributed by atoms with Crippen molar-refractivity contribution in [1.82, 2.24) is 10.2 Å². The van der Waals surface area contributed by atoms with Gasteiger partial charge in [-0.05, 0) is 30.3 Å². The maximum Gasteiger partial charge on any atom is 0.238 e. The Morgan fingerprint density at radius 1 is 1.26 bits per heavy atom. The minimum atomic E-state index is -3.74. The third kappa shape index (κ3) is 3.39. The van der Waals surface area contributed by atoms with E-state index in [-0.39, 0.29) is 4.90 Å². The molecule has 0 aliphatic heterocycles. The Labute approximate surface area is 110 Å². The summed E-state index contributed by atoms with van der Waals surface area (Å²) in [5.41, 5.74) is 7.42. The van der Waals surface area contributed by atoms with Gasteiger partial charge in [0.2, 0.25) is 10.0 Å². The summed E-state index contributed by atoms with van der Waals surface area (Å²) in [6.45, 7) is 0.437. The maximum absolute atomic E-state index is 11.2. The van der Waals surface area contributed by atoms with E-state index in [1.165, 1.54) is 12.1 Å². The molecule has 0 aliphatic rings. The Balaban J connectivity index is 2.14. The molecule has 0 radical (unpaired) electrons. The van der Waals surface area contributed by atoms with Crippen molar-refractivity contribution in [3.8, 4) is 0 Å². The molecule has 0 saturated heterocycles. The smallest absolute Gasteiger partial charge is 0.238 e. The van der Waals surface area contributed by atoms with Gasteiger partial charge >= 0.3 is 0 Å². The minimum Gasteiger partial charge on any atom is -0.397 e. The second-order valence-corrected chi connectivity index (χ2v) is 5.42. The molecule has 7 nitrogen and oxygen atoms in total. The van der Waals surface area contributed by atoms with Crippen LogP contribution in [0, 0.1) is 0 Å². The molecule has 5 N–H and O–H groups in total. The van der Waals surface area contributed by atoms with Crippen LogP contribution in [0.25, 0.3) is 0 Å². The fourth-order valence-electron chi connectivity index (χ4n) is 1.49. The van der Waals surface area contributed by atoms with Gasteiger partial charge in [-0.2, -0.15) is 10.2 Å². The molecule has 2 aromatic rings. The highest BCUT2D eigenvalue weighted by Crippen LogP contribution is 2.22. The molecule has 1 heterocycles. The summed E-state index contributed by atoms with van der Waals surface area (Å²) < 4.78 is 22.3. The molecule has 0 unspecified atom stereocenters. The van der Waals surface area contributed by atoms with Crippen LogP contribution >= 0.6 is 0 Å². The van der Waals surface area contributed by atoms with Gasteiger partial charge in [-0.25, -0.2) is 13.6 Å². The molecule has 0 amide bonds. The number of primary sulfonamides is 1. The maximum atomic E-state index is 11.2. The third-order valence-electron chi connectivity index (χ3n) is 2.44. The minimum absolute atomic E-state index is 0.0185. The molecule has 0 bridgehead atoms. The van der Waals surface area contributed by atoms with Crippen molar-refractivity contribution in [3.05, 3.63) is 42.2 Å². The van der Waals surface area contributed by atoms with E-state index in [1.807, 2.05) is 6.07 Å². The lowest BCUT2D eigenvalue weighted by molar-refractivity contribution is 0.598. The fraction of sp³-hybridized carbons (Fsp3) is 0.0909. The van der Waals surface area contributed by atoms with E-state index in [0.717, 1.165) is 5.69 Å². The summed E-state index contributed by atoms with van der Waals surface area (Å²) in [4.78, 5) is -0.0185. The Morgan fingerprint density at radius 3 is 2.63 bits per heavy atom. The SMILES string of the molecule is Nc1cc(S(N)(=O)=O)ccc1NCc1cccnn1. The number of benzene rings is 1. The molecule has 2 rings (SSSR count). The molecular weight excluding hydrogens is 266 g/mol. The van der Waals surface area contributed by atoms with Gasteiger partial charge in [0.15, 0.2) is 0 Å². The van der Waals surface area contributed by atoms with Crippen LogP contribution < -0.4 is 16.2 Å². The molecule has 0 atom stereocenters. The number of nitrogens with zero attached hydrogens (tertiary/aromatic N) is 2. The number of hydrogen-bond donors (Lipinski definition) is 3. The number of sulfonamides is 1. The fourth-order valence-corrected chi connectivity index (χ4v) is 2.04. The number of nitrogen functional groups attached to an aromatic ring is 1. The molecular formula is C11H13N5O2S. The highest BCUT2D eigenvalue weighted by Gasteiger charge is 2.09. The van der Waals surface area contributed by atoms with E-state index in [9.17, 15) is 8.42 Å². The van der Waals surface area contributed by atoms with Crippen LogP contribution in [0.3, 0.4) is 0 Å². The standard InChI is InChI=1S/C11H13N5O2S/c12-10-6-9(19(13,17)18)3-4-11(10)14-7-8-2-1-5-15-16-8/h1-6,14H,7,12H2,(H2,13,17,18). The van der Waals surface area contributed by atoms with Crippen LogP contribution in [-0.2, 0) is 16.6 Å². The number of anilines is 2. The number of hydrogen-bond acceptors (Lipinski definition) is 6. The van der Waals surface area contributed by atoms with Crippen molar-refractivity contribution in [1.29, 1.82) is 0 Å². The third-order valence-corrected chi connectivity index (χ3v) is 3.35. The first kappa shape index (κ1) is 13.2. The second-order valence-electron chi connectivity index (χ2n) is 3.86. The summed E-state index contributed by atoms with van der Waals surface area (Å²) in [6, 6.07) is 7.86. The molecule has 1 aromatic carbocycles. The Morgan fingerprint density at radius 2 is 2.05 bits per heavy atom. The van der Waals surface area contributed by atoms with Gasteiger partial charge in [-0.1, -0.05) is 0 Å². The lowest BCUT2D eigenvalue weighted by Crippen LogP contribution is -2.13. The molecule has 8 heteroatoms. The molecule has 0 fully saturated rings. The highest BCUT2D eigenvalue weighted by molar-refractivity contribution is 7.89. The summed E-state index contributed by atoms with van der Waals surface area (Å²) in [5.74, 6) is 0. The largest absolute Gasteiger partial charge is 0.397 e. The lowest BCUT2D eigenvalue weighted by atomic mass is 10.2. The zero-order chi connectivity index (χ0) is 13.9. The molecule has 19 heavy (non-hydrogen) atoms. The lowest BCUT2D eigenvalue weighted by Gasteiger charge is -2.09. The van der Waals surface area contributed by atoms with Crippen LogP contribution in [0.4, 0.5) is 11.4 Å². The Bertz CT molecular complexity index is 673. The van der Waals surface area contributed by atoms with Gasteiger partial charge in [0, 0.05) is 6.20 Å². The van der Waals surface area contributed by atoms with Gasteiger partial charge in [0.05, 0.1) is 28.5 Å². The van der Waals surface area contributed by atoms with Crippen molar-refractivity contribution >= 4 is 21.4 Å². The molecule has 100 valence electrons. The van der Waals surface area contributed by atoms with Crippen LogP contribution in [0.2, 0.25) is 0 Å². The summed E-state index contributed by atoms with van der Waals surface area (Å²) in [6.07, 6.45) is 1.58. The first-order chi connectivity index (χ1) is 8.97.